The average Bonchev–Trinajstić information content (AvgIpc) is 3.20. The fourth-order valence-electron chi connectivity index (χ4n) is 4.21. The number of nitrogens with zero attached hydrogens (tertiary/aromatic N) is 5. The van der Waals surface area contributed by atoms with Crippen molar-refractivity contribution in [2.45, 2.75) is 57.4 Å². The van der Waals surface area contributed by atoms with E-state index in [4.69, 9.17) is 0 Å². The van der Waals surface area contributed by atoms with Gasteiger partial charge in [-0.2, -0.15) is 0 Å². The Hall–Kier alpha value is -2.49. The summed E-state index contributed by atoms with van der Waals surface area (Å²) < 4.78 is 16.8. The molecule has 32 heavy (non-hydrogen) atoms. The van der Waals surface area contributed by atoms with Crippen LogP contribution in [0.4, 0.5) is 10.3 Å². The lowest BCUT2D eigenvalue weighted by molar-refractivity contribution is 0.0654. The van der Waals surface area contributed by atoms with Crippen LogP contribution in [0.3, 0.4) is 0 Å². The minimum absolute atomic E-state index is 0. The summed E-state index contributed by atoms with van der Waals surface area (Å²) in [5.74, 6) is 0.318. The summed E-state index contributed by atoms with van der Waals surface area (Å²) in [6, 6.07) is 4.78. The predicted octanol–water partition coefficient (Wildman–Crippen LogP) is 3.94. The predicted molar refractivity (Wildman–Crippen MR) is 127 cm³/mol. The van der Waals surface area contributed by atoms with Crippen LogP contribution in [0.2, 0.25) is 0 Å². The Morgan fingerprint density at radius 3 is 2.53 bits per heavy atom. The molecule has 3 N–H and O–H groups in total. The number of anilines is 1. The molecule has 0 aliphatic carbocycles. The molecule has 3 heterocycles. The minimum Gasteiger partial charge on any atom is -0.507 e. The molecule has 1 aliphatic rings. The Morgan fingerprint density at radius 2 is 1.94 bits per heavy atom. The molecule has 1 aliphatic heterocycles. The third-order valence-electron chi connectivity index (χ3n) is 5.37. The highest BCUT2D eigenvalue weighted by molar-refractivity contribution is 5.85. The standard InChI is InChI=1S/C21H26FN7O.2ClH/c1-20(2)10-15(18(22)21(3,4)28-20)25-19-24-11-16(26-27-19)14-6-5-13(9-17(14)30)29-8-7-23-12-29;;/h5-9,11-12,15,18,28,30H,10H2,1-4H3,(H,24,25,27);2*1H/t15-,18-;;/m0../s1. The maximum Gasteiger partial charge on any atom is 0.243 e. The van der Waals surface area contributed by atoms with Crippen LogP contribution >= 0.6 is 24.8 Å². The normalized spacial score (nSPS) is 21.2. The van der Waals surface area contributed by atoms with Crippen molar-refractivity contribution in [2.75, 3.05) is 5.32 Å². The van der Waals surface area contributed by atoms with Crippen molar-refractivity contribution in [1.82, 2.24) is 30.0 Å². The third kappa shape index (κ3) is 5.28. The van der Waals surface area contributed by atoms with Gasteiger partial charge in [0.2, 0.25) is 5.95 Å². The Morgan fingerprint density at radius 1 is 1.19 bits per heavy atom. The van der Waals surface area contributed by atoms with Gasteiger partial charge in [-0.05, 0) is 46.2 Å². The molecule has 0 spiro atoms. The molecule has 1 saturated heterocycles. The van der Waals surface area contributed by atoms with Gasteiger partial charge >= 0.3 is 0 Å². The Balaban J connectivity index is 0.00000181. The molecule has 174 valence electrons. The highest BCUT2D eigenvalue weighted by atomic mass is 35.5. The second kappa shape index (κ2) is 9.56. The number of aromatic hydroxyl groups is 1. The monoisotopic (exact) mass is 483 g/mol. The number of hydrogen-bond donors (Lipinski definition) is 3. The first-order valence-electron chi connectivity index (χ1n) is 9.86. The van der Waals surface area contributed by atoms with E-state index in [0.717, 1.165) is 5.69 Å². The van der Waals surface area contributed by atoms with Crippen molar-refractivity contribution in [2.24, 2.45) is 0 Å². The first-order chi connectivity index (χ1) is 14.1. The number of phenols is 1. The topological polar surface area (TPSA) is 101 Å². The van der Waals surface area contributed by atoms with E-state index in [2.05, 4.69) is 30.8 Å². The van der Waals surface area contributed by atoms with Gasteiger partial charge in [0.1, 0.15) is 17.6 Å². The number of halogens is 3. The number of nitrogens with one attached hydrogen (secondary N) is 2. The van der Waals surface area contributed by atoms with E-state index in [1.54, 1.807) is 35.4 Å². The summed E-state index contributed by atoms with van der Waals surface area (Å²) in [7, 11) is 0. The zero-order valence-electron chi connectivity index (χ0n) is 18.3. The number of benzene rings is 1. The van der Waals surface area contributed by atoms with Gasteiger partial charge in [0.25, 0.3) is 0 Å². The number of hydrogen-bond acceptors (Lipinski definition) is 7. The van der Waals surface area contributed by atoms with Crippen molar-refractivity contribution in [3.8, 4) is 22.7 Å². The van der Waals surface area contributed by atoms with E-state index in [1.807, 2.05) is 33.8 Å². The first-order valence-corrected chi connectivity index (χ1v) is 9.86. The second-order valence-corrected chi connectivity index (χ2v) is 8.93. The zero-order chi connectivity index (χ0) is 21.5. The molecule has 1 fully saturated rings. The van der Waals surface area contributed by atoms with E-state index in [1.165, 1.54) is 6.20 Å². The first kappa shape index (κ1) is 25.8. The van der Waals surface area contributed by atoms with Crippen LogP contribution in [0, 0.1) is 0 Å². The molecule has 11 heteroatoms. The molecule has 2 atom stereocenters. The van der Waals surface area contributed by atoms with Gasteiger partial charge in [-0.3, -0.25) is 0 Å². The number of piperidine rings is 1. The molecule has 0 saturated carbocycles. The van der Waals surface area contributed by atoms with Crippen molar-refractivity contribution in [3.63, 3.8) is 0 Å². The highest BCUT2D eigenvalue weighted by Crippen LogP contribution is 2.33. The van der Waals surface area contributed by atoms with Crippen LogP contribution in [0.1, 0.15) is 34.1 Å². The molecule has 3 aromatic rings. The Kier molecular flexibility index (Phi) is 7.70. The van der Waals surface area contributed by atoms with Crippen molar-refractivity contribution < 1.29 is 9.50 Å². The summed E-state index contributed by atoms with van der Waals surface area (Å²) in [4.78, 5) is 8.30. The lowest BCUT2D eigenvalue weighted by Gasteiger charge is -2.48. The molecule has 0 bridgehead atoms. The van der Waals surface area contributed by atoms with Gasteiger partial charge < -0.3 is 20.3 Å². The molecule has 0 amide bonds. The number of imidazole rings is 1. The molecular weight excluding hydrogens is 456 g/mol. The van der Waals surface area contributed by atoms with E-state index < -0.39 is 17.8 Å². The van der Waals surface area contributed by atoms with Crippen LogP contribution < -0.4 is 10.6 Å². The average molecular weight is 484 g/mol. The minimum atomic E-state index is -1.12. The van der Waals surface area contributed by atoms with Gasteiger partial charge in [-0.25, -0.2) is 14.4 Å². The maximum atomic E-state index is 15.0. The molecule has 4 rings (SSSR count). The van der Waals surface area contributed by atoms with Crippen LogP contribution in [0.5, 0.6) is 5.75 Å². The van der Waals surface area contributed by atoms with Gasteiger partial charge in [0, 0.05) is 35.1 Å². The summed E-state index contributed by atoms with van der Waals surface area (Å²) >= 11 is 0. The quantitative estimate of drug-likeness (QED) is 0.516. The van der Waals surface area contributed by atoms with Gasteiger partial charge in [0.15, 0.2) is 0 Å². The smallest absolute Gasteiger partial charge is 0.243 e. The molecule has 1 aromatic carbocycles. The zero-order valence-corrected chi connectivity index (χ0v) is 19.9. The molecular formula is C21H28Cl2FN7O. The van der Waals surface area contributed by atoms with Crippen molar-refractivity contribution in [1.29, 1.82) is 0 Å². The number of alkyl halides is 1. The maximum absolute atomic E-state index is 15.0. The second-order valence-electron chi connectivity index (χ2n) is 8.93. The van der Waals surface area contributed by atoms with E-state index in [9.17, 15) is 9.50 Å². The molecule has 0 radical (unpaired) electrons. The Bertz CT molecular complexity index is 1030. The largest absolute Gasteiger partial charge is 0.507 e. The summed E-state index contributed by atoms with van der Waals surface area (Å²) in [5, 5.41) is 25.1. The van der Waals surface area contributed by atoms with Crippen LogP contribution in [0.15, 0.2) is 43.1 Å². The van der Waals surface area contributed by atoms with E-state index in [-0.39, 0.29) is 42.1 Å². The van der Waals surface area contributed by atoms with Crippen LogP contribution in [0.25, 0.3) is 16.9 Å². The van der Waals surface area contributed by atoms with Crippen LogP contribution in [-0.4, -0.2) is 53.1 Å². The van der Waals surface area contributed by atoms with Crippen LogP contribution in [-0.2, 0) is 0 Å². The summed E-state index contributed by atoms with van der Waals surface area (Å²) in [6.45, 7) is 7.80. The number of aromatic nitrogens is 5. The molecule has 2 aromatic heterocycles. The van der Waals surface area contributed by atoms with Gasteiger partial charge in [-0.1, -0.05) is 0 Å². The summed E-state index contributed by atoms with van der Waals surface area (Å²) in [5.41, 5.74) is 0.823. The fraction of sp³-hybridized carbons (Fsp3) is 0.429. The fourth-order valence-corrected chi connectivity index (χ4v) is 4.21. The molecule has 0 unspecified atom stereocenters. The highest BCUT2D eigenvalue weighted by Gasteiger charge is 2.46. The van der Waals surface area contributed by atoms with Gasteiger partial charge in [0.05, 0.1) is 24.3 Å². The molecule has 8 nitrogen and oxygen atoms in total. The van der Waals surface area contributed by atoms with Crippen molar-refractivity contribution >= 4 is 30.8 Å². The number of phenolic OH excluding ortho intramolecular Hbond substituents is 1. The number of rotatable bonds is 4. The van der Waals surface area contributed by atoms with Crippen molar-refractivity contribution in [3.05, 3.63) is 43.1 Å². The SMILES string of the molecule is CC1(C)C[C@H](Nc2ncc(-c3ccc(-n4ccnc4)cc3O)nn2)[C@H](F)C(C)(C)N1.Cl.Cl. The van der Waals surface area contributed by atoms with E-state index >= 15 is 0 Å². The van der Waals surface area contributed by atoms with E-state index in [0.29, 0.717) is 17.7 Å². The Labute approximate surface area is 198 Å². The lowest BCUT2D eigenvalue weighted by atomic mass is 9.78. The third-order valence-corrected chi connectivity index (χ3v) is 5.37. The summed E-state index contributed by atoms with van der Waals surface area (Å²) in [6.07, 6.45) is 6.09. The lowest BCUT2D eigenvalue weighted by Crippen LogP contribution is -2.67. The van der Waals surface area contributed by atoms with Gasteiger partial charge in [-0.15, -0.1) is 35.0 Å².